The molecular weight excluding hydrogens is 284 g/mol. The van der Waals surface area contributed by atoms with Crippen molar-refractivity contribution in [3.05, 3.63) is 35.9 Å². The molecule has 1 fully saturated rings. The fraction of sp³-hybridized carbons (Fsp3) is 0.438. The number of hydrogen-bond acceptors (Lipinski definition) is 4. The van der Waals surface area contributed by atoms with E-state index in [0.717, 1.165) is 25.7 Å². The molecule has 1 saturated carbocycles. The lowest BCUT2D eigenvalue weighted by Crippen LogP contribution is -2.41. The molecule has 2 N–H and O–H groups in total. The Bertz CT molecular complexity index is 538. The first-order valence-corrected chi connectivity index (χ1v) is 7.40. The summed E-state index contributed by atoms with van der Waals surface area (Å²) in [6, 6.07) is 8.04. The highest BCUT2D eigenvalue weighted by atomic mass is 16.5. The van der Waals surface area contributed by atoms with Crippen molar-refractivity contribution in [1.29, 1.82) is 0 Å². The molecule has 0 heterocycles. The fourth-order valence-electron chi connectivity index (χ4n) is 2.51. The summed E-state index contributed by atoms with van der Waals surface area (Å²) in [6.07, 6.45) is 2.46. The molecule has 3 amide bonds. The SMILES string of the molecule is CNC(=O)NC(=O)[C@H](OC(=O)C1CCCC1)c1ccccc1. The van der Waals surface area contributed by atoms with E-state index in [2.05, 4.69) is 10.6 Å². The maximum atomic E-state index is 12.2. The van der Waals surface area contributed by atoms with E-state index >= 15 is 0 Å². The van der Waals surface area contributed by atoms with Crippen LogP contribution in [0.25, 0.3) is 0 Å². The first-order valence-electron chi connectivity index (χ1n) is 7.40. The highest BCUT2D eigenvalue weighted by Crippen LogP contribution is 2.28. The average molecular weight is 304 g/mol. The van der Waals surface area contributed by atoms with Gasteiger partial charge >= 0.3 is 12.0 Å². The van der Waals surface area contributed by atoms with Crippen LogP contribution in [0.4, 0.5) is 4.79 Å². The van der Waals surface area contributed by atoms with Crippen LogP contribution in [0.3, 0.4) is 0 Å². The number of carbonyl (C=O) groups is 3. The molecular formula is C16H20N2O4. The fourth-order valence-corrected chi connectivity index (χ4v) is 2.51. The Morgan fingerprint density at radius 2 is 1.77 bits per heavy atom. The highest BCUT2D eigenvalue weighted by Gasteiger charge is 2.31. The minimum absolute atomic E-state index is 0.154. The summed E-state index contributed by atoms with van der Waals surface area (Å²) in [5, 5.41) is 4.46. The minimum atomic E-state index is -1.12. The average Bonchev–Trinajstić information content (AvgIpc) is 3.07. The van der Waals surface area contributed by atoms with Gasteiger partial charge in [0.05, 0.1) is 5.92 Å². The Labute approximate surface area is 129 Å². The number of carbonyl (C=O) groups excluding carboxylic acids is 3. The van der Waals surface area contributed by atoms with E-state index in [-0.39, 0.29) is 11.9 Å². The lowest BCUT2D eigenvalue weighted by Gasteiger charge is -2.19. The van der Waals surface area contributed by atoms with E-state index in [9.17, 15) is 14.4 Å². The van der Waals surface area contributed by atoms with Gasteiger partial charge in [0.15, 0.2) is 0 Å². The number of ether oxygens (including phenoxy) is 1. The van der Waals surface area contributed by atoms with Gasteiger partial charge in [0.2, 0.25) is 6.10 Å². The summed E-state index contributed by atoms with van der Waals surface area (Å²) in [7, 11) is 1.41. The maximum Gasteiger partial charge on any atom is 0.321 e. The number of esters is 1. The third-order valence-corrected chi connectivity index (χ3v) is 3.73. The van der Waals surface area contributed by atoms with Crippen molar-refractivity contribution in [2.45, 2.75) is 31.8 Å². The molecule has 6 heteroatoms. The molecule has 0 radical (unpaired) electrons. The number of amides is 3. The van der Waals surface area contributed by atoms with Gasteiger partial charge in [-0.05, 0) is 12.8 Å². The predicted octanol–water partition coefficient (Wildman–Crippen LogP) is 1.92. The van der Waals surface area contributed by atoms with Crippen LogP contribution in [0.5, 0.6) is 0 Å². The van der Waals surface area contributed by atoms with E-state index < -0.39 is 18.0 Å². The van der Waals surface area contributed by atoms with Crippen LogP contribution in [-0.4, -0.2) is 25.0 Å². The molecule has 1 atom stereocenters. The van der Waals surface area contributed by atoms with Crippen LogP contribution < -0.4 is 10.6 Å². The topological polar surface area (TPSA) is 84.5 Å². The molecule has 0 unspecified atom stereocenters. The van der Waals surface area contributed by atoms with Gasteiger partial charge in [0.1, 0.15) is 0 Å². The summed E-state index contributed by atoms with van der Waals surface area (Å²) >= 11 is 0. The number of imide groups is 1. The van der Waals surface area contributed by atoms with Gasteiger partial charge in [0.25, 0.3) is 5.91 Å². The quantitative estimate of drug-likeness (QED) is 0.832. The van der Waals surface area contributed by atoms with Crippen LogP contribution in [-0.2, 0) is 14.3 Å². The monoisotopic (exact) mass is 304 g/mol. The normalized spacial score (nSPS) is 15.9. The molecule has 118 valence electrons. The van der Waals surface area contributed by atoms with Gasteiger partial charge in [0, 0.05) is 12.6 Å². The Morgan fingerprint density at radius 1 is 1.14 bits per heavy atom. The van der Waals surface area contributed by atoms with Gasteiger partial charge in [-0.2, -0.15) is 0 Å². The molecule has 0 aliphatic heterocycles. The van der Waals surface area contributed by atoms with Crippen molar-refractivity contribution in [2.24, 2.45) is 5.92 Å². The van der Waals surface area contributed by atoms with Crippen molar-refractivity contribution >= 4 is 17.9 Å². The van der Waals surface area contributed by atoms with Gasteiger partial charge in [-0.25, -0.2) is 4.79 Å². The second kappa shape index (κ2) is 7.59. The Balaban J connectivity index is 2.12. The molecule has 22 heavy (non-hydrogen) atoms. The maximum absolute atomic E-state index is 12.2. The number of benzene rings is 1. The predicted molar refractivity (Wildman–Crippen MR) is 79.8 cm³/mol. The molecule has 0 bridgehead atoms. The number of rotatable bonds is 4. The lowest BCUT2D eigenvalue weighted by atomic mass is 10.1. The molecule has 1 aliphatic rings. The molecule has 1 aromatic carbocycles. The van der Waals surface area contributed by atoms with Crippen molar-refractivity contribution in [3.63, 3.8) is 0 Å². The Morgan fingerprint density at radius 3 is 2.36 bits per heavy atom. The van der Waals surface area contributed by atoms with Gasteiger partial charge in [-0.3, -0.25) is 14.9 Å². The molecule has 0 spiro atoms. The van der Waals surface area contributed by atoms with E-state index in [0.29, 0.717) is 5.56 Å². The summed E-state index contributed by atoms with van der Waals surface area (Å²) < 4.78 is 5.40. The van der Waals surface area contributed by atoms with Crippen LogP contribution in [0.2, 0.25) is 0 Å². The Hall–Kier alpha value is -2.37. The highest BCUT2D eigenvalue weighted by molar-refractivity contribution is 5.97. The van der Waals surface area contributed by atoms with E-state index in [1.54, 1.807) is 30.3 Å². The minimum Gasteiger partial charge on any atom is -0.447 e. The van der Waals surface area contributed by atoms with Crippen molar-refractivity contribution in [1.82, 2.24) is 10.6 Å². The summed E-state index contributed by atoms with van der Waals surface area (Å²) in [6.45, 7) is 0. The number of nitrogens with one attached hydrogen (secondary N) is 2. The van der Waals surface area contributed by atoms with Crippen molar-refractivity contribution in [2.75, 3.05) is 7.05 Å². The zero-order chi connectivity index (χ0) is 15.9. The van der Waals surface area contributed by atoms with E-state index in [4.69, 9.17) is 4.74 Å². The van der Waals surface area contributed by atoms with Gasteiger partial charge in [-0.15, -0.1) is 0 Å². The second-order valence-electron chi connectivity index (χ2n) is 5.28. The van der Waals surface area contributed by atoms with Gasteiger partial charge in [-0.1, -0.05) is 43.2 Å². The first kappa shape index (κ1) is 16.0. The number of hydrogen-bond donors (Lipinski definition) is 2. The summed E-state index contributed by atoms with van der Waals surface area (Å²) in [5.74, 6) is -1.19. The molecule has 0 aromatic heterocycles. The summed E-state index contributed by atoms with van der Waals surface area (Å²) in [5.41, 5.74) is 0.537. The van der Waals surface area contributed by atoms with E-state index in [1.165, 1.54) is 7.05 Å². The molecule has 0 saturated heterocycles. The van der Waals surface area contributed by atoms with Gasteiger partial charge < -0.3 is 10.1 Å². The zero-order valence-electron chi connectivity index (χ0n) is 12.5. The van der Waals surface area contributed by atoms with Crippen LogP contribution in [0.15, 0.2) is 30.3 Å². The first-order chi connectivity index (χ1) is 10.6. The molecule has 1 aromatic rings. The zero-order valence-corrected chi connectivity index (χ0v) is 12.5. The second-order valence-corrected chi connectivity index (χ2v) is 5.28. The lowest BCUT2D eigenvalue weighted by molar-refractivity contribution is -0.160. The molecule has 2 rings (SSSR count). The van der Waals surface area contributed by atoms with E-state index in [1.807, 2.05) is 0 Å². The smallest absolute Gasteiger partial charge is 0.321 e. The van der Waals surface area contributed by atoms with Crippen LogP contribution in [0.1, 0.15) is 37.4 Å². The third kappa shape index (κ3) is 4.07. The third-order valence-electron chi connectivity index (χ3n) is 3.73. The molecule has 6 nitrogen and oxygen atoms in total. The van der Waals surface area contributed by atoms with Crippen LogP contribution in [0, 0.1) is 5.92 Å². The van der Waals surface area contributed by atoms with Crippen molar-refractivity contribution < 1.29 is 19.1 Å². The standard InChI is InChI=1S/C16H20N2O4/c1-17-16(21)18-14(19)13(11-7-3-2-4-8-11)22-15(20)12-9-5-6-10-12/h2-4,7-8,12-13H,5-6,9-10H2,1H3,(H2,17,18,19,21)/t13-/m1/s1. The number of urea groups is 1. The summed E-state index contributed by atoms with van der Waals surface area (Å²) in [4.78, 5) is 35.7. The largest absolute Gasteiger partial charge is 0.447 e. The molecule has 1 aliphatic carbocycles. The van der Waals surface area contributed by atoms with Crippen molar-refractivity contribution in [3.8, 4) is 0 Å². The Kier molecular flexibility index (Phi) is 5.52. The van der Waals surface area contributed by atoms with Crippen LogP contribution >= 0.6 is 0 Å².